The Morgan fingerprint density at radius 1 is 1.50 bits per heavy atom. The van der Waals surface area contributed by atoms with Crippen LogP contribution in [0.15, 0.2) is 18.2 Å². The second kappa shape index (κ2) is 8.50. The Balaban J connectivity index is 2.84. The van der Waals surface area contributed by atoms with Crippen LogP contribution in [-0.4, -0.2) is 39.3 Å². The summed E-state index contributed by atoms with van der Waals surface area (Å²) in [5.74, 6) is -0.707. The molecule has 0 spiro atoms. The summed E-state index contributed by atoms with van der Waals surface area (Å²) in [7, 11) is 1.63. The predicted octanol–water partition coefficient (Wildman–Crippen LogP) is 0.873. The van der Waals surface area contributed by atoms with Gasteiger partial charge in [-0.1, -0.05) is 0 Å². The Bertz CT molecular complexity index is 440. The van der Waals surface area contributed by atoms with E-state index in [1.54, 1.807) is 13.2 Å². The minimum Gasteiger partial charge on any atom is -0.383 e. The molecule has 0 aliphatic rings. The Kier molecular flexibility index (Phi) is 6.97. The highest BCUT2D eigenvalue weighted by Crippen LogP contribution is 2.21. The number of halogens is 1. The van der Waals surface area contributed by atoms with E-state index in [1.807, 2.05) is 11.8 Å². The molecule has 0 aliphatic carbocycles. The van der Waals surface area contributed by atoms with Gasteiger partial charge < -0.3 is 20.7 Å². The molecule has 0 unspecified atom stereocenters. The number of methoxy groups -OCH3 is 1. The summed E-state index contributed by atoms with van der Waals surface area (Å²) in [6.07, 6.45) is 0. The average Bonchev–Trinajstić information content (AvgIpc) is 2.41. The number of anilines is 1. The summed E-state index contributed by atoms with van der Waals surface area (Å²) in [6.45, 7) is 4.44. The molecule has 1 aromatic rings. The molecule has 1 rings (SSSR count). The van der Waals surface area contributed by atoms with Gasteiger partial charge in [-0.2, -0.15) is 0 Å². The molecule has 0 saturated heterocycles. The maximum Gasteiger partial charge on any atom is 0.236 e. The number of carbonyl (C=O) groups is 1. The fraction of sp³-hybridized carbons (Fsp3) is 0.500. The SMILES string of the molecule is CCN(CC(N)=O)c1ccc(F)cc1CNCCOC. The first-order valence-electron chi connectivity index (χ1n) is 6.59. The fourth-order valence-corrected chi connectivity index (χ4v) is 1.96. The van der Waals surface area contributed by atoms with Crippen LogP contribution >= 0.6 is 0 Å². The molecule has 0 heterocycles. The molecule has 0 saturated carbocycles. The molecule has 0 bridgehead atoms. The Morgan fingerprint density at radius 2 is 2.25 bits per heavy atom. The summed E-state index contributed by atoms with van der Waals surface area (Å²) >= 11 is 0. The predicted molar refractivity (Wildman–Crippen MR) is 77.1 cm³/mol. The zero-order valence-electron chi connectivity index (χ0n) is 12.0. The van der Waals surface area contributed by atoms with Gasteiger partial charge in [0.15, 0.2) is 0 Å². The number of amides is 1. The van der Waals surface area contributed by atoms with Gasteiger partial charge in [-0.25, -0.2) is 4.39 Å². The van der Waals surface area contributed by atoms with Crippen molar-refractivity contribution in [2.45, 2.75) is 13.5 Å². The lowest BCUT2D eigenvalue weighted by atomic mass is 10.1. The van der Waals surface area contributed by atoms with Crippen molar-refractivity contribution in [3.63, 3.8) is 0 Å². The van der Waals surface area contributed by atoms with Gasteiger partial charge in [-0.3, -0.25) is 4.79 Å². The van der Waals surface area contributed by atoms with Crippen molar-refractivity contribution in [1.29, 1.82) is 0 Å². The maximum absolute atomic E-state index is 13.4. The molecule has 0 aromatic heterocycles. The first-order valence-corrected chi connectivity index (χ1v) is 6.59. The van der Waals surface area contributed by atoms with Gasteiger partial charge in [0.25, 0.3) is 0 Å². The van der Waals surface area contributed by atoms with Crippen LogP contribution in [0.5, 0.6) is 0 Å². The lowest BCUT2D eigenvalue weighted by molar-refractivity contribution is -0.116. The molecule has 0 radical (unpaired) electrons. The normalized spacial score (nSPS) is 10.6. The Labute approximate surface area is 118 Å². The van der Waals surface area contributed by atoms with Crippen LogP contribution in [0.2, 0.25) is 0 Å². The van der Waals surface area contributed by atoms with E-state index >= 15 is 0 Å². The van der Waals surface area contributed by atoms with E-state index < -0.39 is 5.91 Å². The third-order valence-corrected chi connectivity index (χ3v) is 2.91. The molecular weight excluding hydrogens is 261 g/mol. The van der Waals surface area contributed by atoms with Crippen molar-refractivity contribution in [1.82, 2.24) is 5.32 Å². The molecule has 1 aromatic carbocycles. The molecule has 112 valence electrons. The van der Waals surface area contributed by atoms with Crippen molar-refractivity contribution < 1.29 is 13.9 Å². The number of benzene rings is 1. The zero-order valence-corrected chi connectivity index (χ0v) is 12.0. The minimum absolute atomic E-state index is 0.118. The first-order chi connectivity index (χ1) is 9.58. The molecule has 1 amide bonds. The van der Waals surface area contributed by atoms with Gasteiger partial charge in [0.05, 0.1) is 13.2 Å². The monoisotopic (exact) mass is 283 g/mol. The molecule has 0 aliphatic heterocycles. The van der Waals surface area contributed by atoms with Gasteiger partial charge in [-0.15, -0.1) is 0 Å². The topological polar surface area (TPSA) is 67.6 Å². The number of hydrogen-bond donors (Lipinski definition) is 2. The van der Waals surface area contributed by atoms with Gasteiger partial charge >= 0.3 is 0 Å². The van der Waals surface area contributed by atoms with Crippen molar-refractivity contribution in [3.8, 4) is 0 Å². The number of hydrogen-bond acceptors (Lipinski definition) is 4. The molecule has 0 fully saturated rings. The van der Waals surface area contributed by atoms with E-state index in [-0.39, 0.29) is 12.4 Å². The van der Waals surface area contributed by atoms with E-state index in [2.05, 4.69) is 5.32 Å². The Morgan fingerprint density at radius 3 is 2.85 bits per heavy atom. The first kappa shape index (κ1) is 16.4. The van der Waals surface area contributed by atoms with Crippen molar-refractivity contribution in [3.05, 3.63) is 29.6 Å². The lowest BCUT2D eigenvalue weighted by Crippen LogP contribution is -2.34. The number of nitrogens with one attached hydrogen (secondary N) is 1. The van der Waals surface area contributed by atoms with Crippen LogP contribution in [0.25, 0.3) is 0 Å². The largest absolute Gasteiger partial charge is 0.383 e. The van der Waals surface area contributed by atoms with Crippen LogP contribution in [0.3, 0.4) is 0 Å². The van der Waals surface area contributed by atoms with Crippen molar-refractivity contribution in [2.24, 2.45) is 5.73 Å². The summed E-state index contributed by atoms with van der Waals surface area (Å²) < 4.78 is 18.3. The van der Waals surface area contributed by atoms with Crippen LogP contribution in [-0.2, 0) is 16.1 Å². The quantitative estimate of drug-likeness (QED) is 0.660. The maximum atomic E-state index is 13.4. The highest BCUT2D eigenvalue weighted by molar-refractivity contribution is 5.79. The second-order valence-electron chi connectivity index (χ2n) is 4.42. The summed E-state index contributed by atoms with van der Waals surface area (Å²) in [4.78, 5) is 12.9. The average molecular weight is 283 g/mol. The van der Waals surface area contributed by atoms with E-state index in [4.69, 9.17) is 10.5 Å². The molecule has 0 atom stereocenters. The molecule has 3 N–H and O–H groups in total. The molecular formula is C14H22FN3O2. The molecule has 5 nitrogen and oxygen atoms in total. The number of ether oxygens (including phenoxy) is 1. The van der Waals surface area contributed by atoms with E-state index in [0.717, 1.165) is 11.3 Å². The van der Waals surface area contributed by atoms with E-state index in [0.29, 0.717) is 26.2 Å². The third-order valence-electron chi connectivity index (χ3n) is 2.91. The summed E-state index contributed by atoms with van der Waals surface area (Å²) in [6, 6.07) is 4.53. The van der Waals surface area contributed by atoms with Crippen LogP contribution < -0.4 is 16.0 Å². The van der Waals surface area contributed by atoms with Gasteiger partial charge in [0.1, 0.15) is 5.82 Å². The number of rotatable bonds is 9. The number of nitrogens with zero attached hydrogens (tertiary/aromatic N) is 1. The van der Waals surface area contributed by atoms with Gasteiger partial charge in [0, 0.05) is 32.4 Å². The summed E-state index contributed by atoms with van der Waals surface area (Å²) in [5, 5.41) is 3.17. The van der Waals surface area contributed by atoms with Crippen LogP contribution in [0.4, 0.5) is 10.1 Å². The van der Waals surface area contributed by atoms with Gasteiger partial charge in [0.2, 0.25) is 5.91 Å². The smallest absolute Gasteiger partial charge is 0.236 e. The Hall–Kier alpha value is -1.66. The van der Waals surface area contributed by atoms with E-state index in [1.165, 1.54) is 12.1 Å². The van der Waals surface area contributed by atoms with Crippen LogP contribution in [0, 0.1) is 5.82 Å². The third kappa shape index (κ3) is 5.14. The lowest BCUT2D eigenvalue weighted by Gasteiger charge is -2.24. The highest BCUT2D eigenvalue weighted by Gasteiger charge is 2.12. The molecule has 6 heteroatoms. The second-order valence-corrected chi connectivity index (χ2v) is 4.42. The number of carbonyl (C=O) groups excluding carboxylic acids is 1. The molecule has 20 heavy (non-hydrogen) atoms. The number of likely N-dealkylation sites (N-methyl/N-ethyl adjacent to an activating group) is 1. The van der Waals surface area contributed by atoms with E-state index in [9.17, 15) is 9.18 Å². The fourth-order valence-electron chi connectivity index (χ4n) is 1.96. The minimum atomic E-state index is -0.408. The van der Waals surface area contributed by atoms with Crippen LogP contribution in [0.1, 0.15) is 12.5 Å². The van der Waals surface area contributed by atoms with Gasteiger partial charge in [-0.05, 0) is 30.7 Å². The highest BCUT2D eigenvalue weighted by atomic mass is 19.1. The zero-order chi connectivity index (χ0) is 15.0. The van der Waals surface area contributed by atoms with Crippen molar-refractivity contribution >= 4 is 11.6 Å². The number of primary amides is 1. The number of nitrogens with two attached hydrogens (primary N) is 1. The summed E-state index contributed by atoms with van der Waals surface area (Å²) in [5.41, 5.74) is 6.85. The standard InChI is InChI=1S/C14H22FN3O2/c1-3-18(10-14(16)19)13-5-4-12(15)8-11(13)9-17-6-7-20-2/h4-5,8,17H,3,6-7,9-10H2,1-2H3,(H2,16,19). The van der Waals surface area contributed by atoms with Crippen molar-refractivity contribution in [2.75, 3.05) is 38.3 Å².